The number of hydrogen-bond donors (Lipinski definition) is 2. The number of phenols is 1. The van der Waals surface area contributed by atoms with E-state index in [1.54, 1.807) is 0 Å². The molecule has 0 atom stereocenters. The molecule has 5 heteroatoms. The highest BCUT2D eigenvalue weighted by Crippen LogP contribution is 2.17. The Morgan fingerprint density at radius 1 is 1.41 bits per heavy atom. The lowest BCUT2D eigenvalue weighted by molar-refractivity contribution is -0.137. The van der Waals surface area contributed by atoms with E-state index in [-0.39, 0.29) is 24.3 Å². The lowest BCUT2D eigenvalue weighted by Crippen LogP contribution is -2.08. The number of esters is 1. The number of carboxylic acids is 1. The fourth-order valence-corrected chi connectivity index (χ4v) is 1.32. The number of carbonyl (C=O) groups excluding carboxylic acids is 1. The number of phenolic OH excluding ortho intramolecular Hbond substituents is 1. The monoisotopic (exact) mass is 236 g/mol. The summed E-state index contributed by atoms with van der Waals surface area (Å²) < 4.78 is 4.74. The third kappa shape index (κ3) is 3.64. The van der Waals surface area contributed by atoms with Crippen molar-refractivity contribution in [3.8, 4) is 5.75 Å². The van der Waals surface area contributed by atoms with Gasteiger partial charge in [0, 0.05) is 12.5 Å². The van der Waals surface area contributed by atoms with Crippen LogP contribution in [0.15, 0.2) is 30.9 Å². The van der Waals surface area contributed by atoms with Gasteiger partial charge < -0.3 is 14.9 Å². The molecule has 0 heterocycles. The van der Waals surface area contributed by atoms with E-state index in [2.05, 4.69) is 6.58 Å². The van der Waals surface area contributed by atoms with Crippen molar-refractivity contribution in [2.24, 2.45) is 0 Å². The molecule has 0 aliphatic rings. The highest BCUT2D eigenvalue weighted by atomic mass is 16.5. The summed E-state index contributed by atoms with van der Waals surface area (Å²) in [5.41, 5.74) is 0.492. The van der Waals surface area contributed by atoms with Crippen LogP contribution in [0.5, 0.6) is 5.75 Å². The smallest absolute Gasteiger partial charge is 0.335 e. The van der Waals surface area contributed by atoms with Crippen LogP contribution in [0.2, 0.25) is 0 Å². The van der Waals surface area contributed by atoms with Gasteiger partial charge in [-0.2, -0.15) is 0 Å². The van der Waals surface area contributed by atoms with Gasteiger partial charge >= 0.3 is 11.9 Å². The molecule has 0 aliphatic heterocycles. The normalized spacial score (nSPS) is 9.65. The molecule has 1 aromatic rings. The summed E-state index contributed by atoms with van der Waals surface area (Å²) >= 11 is 0. The number of aromatic carboxylic acids is 1. The SMILES string of the molecule is C=CC(=O)OCCc1cc(O)ccc1C(=O)O. The van der Waals surface area contributed by atoms with E-state index in [9.17, 15) is 14.7 Å². The van der Waals surface area contributed by atoms with Crippen LogP contribution in [0.25, 0.3) is 0 Å². The number of ether oxygens (including phenoxy) is 1. The van der Waals surface area contributed by atoms with Gasteiger partial charge in [-0.1, -0.05) is 6.58 Å². The second-order valence-corrected chi connectivity index (χ2v) is 3.27. The number of benzene rings is 1. The molecular weight excluding hydrogens is 224 g/mol. The van der Waals surface area contributed by atoms with Crippen molar-refractivity contribution in [3.63, 3.8) is 0 Å². The molecule has 0 bridgehead atoms. The molecule has 0 spiro atoms. The molecular formula is C12H12O5. The maximum Gasteiger partial charge on any atom is 0.335 e. The lowest BCUT2D eigenvalue weighted by atomic mass is 10.0. The molecule has 1 aromatic carbocycles. The lowest BCUT2D eigenvalue weighted by Gasteiger charge is -2.06. The van der Waals surface area contributed by atoms with Crippen molar-refractivity contribution in [1.82, 2.24) is 0 Å². The van der Waals surface area contributed by atoms with Crippen LogP contribution in [-0.2, 0) is 16.0 Å². The van der Waals surface area contributed by atoms with Crippen LogP contribution >= 0.6 is 0 Å². The second-order valence-electron chi connectivity index (χ2n) is 3.27. The Morgan fingerprint density at radius 2 is 2.12 bits per heavy atom. The van der Waals surface area contributed by atoms with E-state index in [1.165, 1.54) is 18.2 Å². The van der Waals surface area contributed by atoms with Gasteiger partial charge in [-0.25, -0.2) is 9.59 Å². The average Bonchev–Trinajstić information content (AvgIpc) is 2.28. The molecule has 0 aliphatic carbocycles. The van der Waals surface area contributed by atoms with E-state index in [0.717, 1.165) is 6.08 Å². The summed E-state index contributed by atoms with van der Waals surface area (Å²) in [5, 5.41) is 18.2. The highest BCUT2D eigenvalue weighted by molar-refractivity contribution is 5.89. The largest absolute Gasteiger partial charge is 0.508 e. The molecule has 0 saturated carbocycles. The standard InChI is InChI=1S/C12H12O5/c1-2-11(14)17-6-5-8-7-9(13)3-4-10(8)12(15)16/h2-4,7,13H,1,5-6H2,(H,15,16). The highest BCUT2D eigenvalue weighted by Gasteiger charge is 2.10. The second kappa shape index (κ2) is 5.69. The summed E-state index contributed by atoms with van der Waals surface area (Å²) in [7, 11) is 0. The van der Waals surface area contributed by atoms with Gasteiger partial charge in [0.25, 0.3) is 0 Å². The molecule has 17 heavy (non-hydrogen) atoms. The van der Waals surface area contributed by atoms with Gasteiger partial charge in [-0.15, -0.1) is 0 Å². The Bertz CT molecular complexity index is 450. The fourth-order valence-electron chi connectivity index (χ4n) is 1.32. The first-order chi connectivity index (χ1) is 8.04. The zero-order valence-electron chi connectivity index (χ0n) is 9.05. The maximum atomic E-state index is 10.9. The fraction of sp³-hybridized carbons (Fsp3) is 0.167. The Labute approximate surface area is 98.0 Å². The molecule has 1 rings (SSSR count). The summed E-state index contributed by atoms with van der Waals surface area (Å²) in [5.74, 6) is -1.68. The molecule has 90 valence electrons. The Hall–Kier alpha value is -2.30. The zero-order valence-corrected chi connectivity index (χ0v) is 9.05. The number of carboxylic acid groups (broad SMARTS) is 1. The van der Waals surface area contributed by atoms with Crippen LogP contribution in [0, 0.1) is 0 Å². The van der Waals surface area contributed by atoms with Gasteiger partial charge in [0.05, 0.1) is 12.2 Å². The van der Waals surface area contributed by atoms with Crippen LogP contribution in [-0.4, -0.2) is 28.8 Å². The first-order valence-corrected chi connectivity index (χ1v) is 4.89. The third-order valence-corrected chi connectivity index (χ3v) is 2.10. The van der Waals surface area contributed by atoms with Crippen LogP contribution in [0.3, 0.4) is 0 Å². The number of aromatic hydroxyl groups is 1. The van der Waals surface area contributed by atoms with Crippen molar-refractivity contribution in [2.45, 2.75) is 6.42 Å². The van der Waals surface area contributed by atoms with Crippen molar-refractivity contribution >= 4 is 11.9 Å². The summed E-state index contributed by atoms with van der Waals surface area (Å²) in [6.07, 6.45) is 1.25. The van der Waals surface area contributed by atoms with E-state index in [4.69, 9.17) is 9.84 Å². The van der Waals surface area contributed by atoms with Crippen LogP contribution < -0.4 is 0 Å². The predicted molar refractivity (Wildman–Crippen MR) is 59.9 cm³/mol. The molecule has 0 unspecified atom stereocenters. The Morgan fingerprint density at radius 3 is 2.71 bits per heavy atom. The minimum absolute atomic E-state index is 0.0277. The van der Waals surface area contributed by atoms with Crippen LogP contribution in [0.4, 0.5) is 0 Å². The summed E-state index contributed by atoms with van der Waals surface area (Å²) in [6, 6.07) is 3.94. The van der Waals surface area contributed by atoms with Gasteiger partial charge in [0.1, 0.15) is 5.75 Å². The van der Waals surface area contributed by atoms with E-state index in [0.29, 0.717) is 5.56 Å². The van der Waals surface area contributed by atoms with Gasteiger partial charge in [0.15, 0.2) is 0 Å². The van der Waals surface area contributed by atoms with Crippen molar-refractivity contribution in [1.29, 1.82) is 0 Å². The molecule has 0 radical (unpaired) electrons. The molecule has 5 nitrogen and oxygen atoms in total. The molecule has 0 saturated heterocycles. The molecule has 2 N–H and O–H groups in total. The van der Waals surface area contributed by atoms with E-state index < -0.39 is 11.9 Å². The summed E-state index contributed by atoms with van der Waals surface area (Å²) in [4.78, 5) is 21.7. The van der Waals surface area contributed by atoms with Gasteiger partial charge in [0.2, 0.25) is 0 Å². The maximum absolute atomic E-state index is 10.9. The van der Waals surface area contributed by atoms with E-state index >= 15 is 0 Å². The van der Waals surface area contributed by atoms with Crippen molar-refractivity contribution in [3.05, 3.63) is 42.0 Å². The summed E-state index contributed by atoms with van der Waals surface area (Å²) in [6.45, 7) is 3.27. The quantitative estimate of drug-likeness (QED) is 0.595. The molecule has 0 amide bonds. The Kier molecular flexibility index (Phi) is 4.28. The van der Waals surface area contributed by atoms with Crippen molar-refractivity contribution in [2.75, 3.05) is 6.61 Å². The Balaban J connectivity index is 2.75. The molecule has 0 fully saturated rings. The minimum Gasteiger partial charge on any atom is -0.508 e. The first-order valence-electron chi connectivity index (χ1n) is 4.89. The van der Waals surface area contributed by atoms with Crippen LogP contribution in [0.1, 0.15) is 15.9 Å². The number of carbonyl (C=O) groups is 2. The van der Waals surface area contributed by atoms with E-state index in [1.807, 2.05) is 0 Å². The van der Waals surface area contributed by atoms with Crippen molar-refractivity contribution < 1.29 is 24.5 Å². The zero-order chi connectivity index (χ0) is 12.8. The molecule has 0 aromatic heterocycles. The van der Waals surface area contributed by atoms with Gasteiger partial charge in [-0.05, 0) is 23.8 Å². The minimum atomic E-state index is -1.09. The first kappa shape index (κ1) is 12.8. The number of hydrogen-bond acceptors (Lipinski definition) is 4. The average molecular weight is 236 g/mol. The third-order valence-electron chi connectivity index (χ3n) is 2.10. The van der Waals surface area contributed by atoms with Gasteiger partial charge in [-0.3, -0.25) is 0 Å². The topological polar surface area (TPSA) is 83.8 Å². The number of rotatable bonds is 5. The predicted octanol–water partition coefficient (Wildman–Crippen LogP) is 1.36.